The minimum atomic E-state index is -3.70. The quantitative estimate of drug-likeness (QED) is 0.624. The van der Waals surface area contributed by atoms with Crippen LogP contribution in [0.1, 0.15) is 19.3 Å². The minimum absolute atomic E-state index is 0.205. The van der Waals surface area contributed by atoms with Gasteiger partial charge in [-0.15, -0.1) is 0 Å². The minimum Gasteiger partial charge on any atom is -0.481 e. The number of carboxylic acid groups (broad SMARTS) is 1. The summed E-state index contributed by atoms with van der Waals surface area (Å²) in [6, 6.07) is -0.635. The van der Waals surface area contributed by atoms with Crippen molar-refractivity contribution in [3.8, 4) is 0 Å². The van der Waals surface area contributed by atoms with Gasteiger partial charge >= 0.3 is 5.97 Å². The highest BCUT2D eigenvalue weighted by atomic mass is 32.2. The van der Waals surface area contributed by atoms with Gasteiger partial charge in [0, 0.05) is 39.4 Å². The van der Waals surface area contributed by atoms with Gasteiger partial charge in [-0.05, 0) is 19.3 Å². The summed E-state index contributed by atoms with van der Waals surface area (Å²) in [6.07, 6.45) is 1.75. The van der Waals surface area contributed by atoms with E-state index in [1.165, 1.54) is 22.8 Å². The summed E-state index contributed by atoms with van der Waals surface area (Å²) >= 11 is 0. The lowest BCUT2D eigenvalue weighted by atomic mass is 9.89. The molecule has 128 valence electrons. The summed E-state index contributed by atoms with van der Waals surface area (Å²) in [7, 11) is -0.674. The highest BCUT2D eigenvalue weighted by Gasteiger charge is 2.55. The average Bonchev–Trinajstić information content (AvgIpc) is 3.05. The number of carbonyl (C=O) groups is 1. The molecule has 2 fully saturated rings. The number of nitrogens with zero attached hydrogens (tertiary/aromatic N) is 2. The van der Waals surface area contributed by atoms with E-state index in [2.05, 4.69) is 0 Å². The van der Waals surface area contributed by atoms with Crippen molar-refractivity contribution in [2.24, 2.45) is 5.92 Å². The van der Waals surface area contributed by atoms with Crippen LogP contribution in [-0.4, -0.2) is 80.7 Å². The molecule has 0 saturated carbocycles. The molecule has 0 aromatic rings. The molecule has 0 aromatic heterocycles. The Morgan fingerprint density at radius 3 is 2.27 bits per heavy atom. The van der Waals surface area contributed by atoms with E-state index in [1.54, 1.807) is 0 Å². The largest absolute Gasteiger partial charge is 0.481 e. The molecule has 3 unspecified atom stereocenters. The number of fused-ring (bicyclic) bond motifs is 2. The van der Waals surface area contributed by atoms with Crippen LogP contribution in [0.2, 0.25) is 0 Å². The van der Waals surface area contributed by atoms with Gasteiger partial charge in [0.2, 0.25) is 0 Å². The fourth-order valence-electron chi connectivity index (χ4n) is 3.43. The number of rotatable bonds is 9. The summed E-state index contributed by atoms with van der Waals surface area (Å²) in [5, 5.41) is 9.27. The van der Waals surface area contributed by atoms with Crippen molar-refractivity contribution in [2.75, 3.05) is 40.5 Å². The first kappa shape index (κ1) is 17.6. The van der Waals surface area contributed by atoms with Gasteiger partial charge in [0.05, 0.1) is 19.1 Å². The van der Waals surface area contributed by atoms with Gasteiger partial charge in [-0.2, -0.15) is 17.0 Å². The van der Waals surface area contributed by atoms with Crippen LogP contribution in [0.3, 0.4) is 0 Å². The van der Waals surface area contributed by atoms with Crippen molar-refractivity contribution < 1.29 is 27.8 Å². The first-order chi connectivity index (χ1) is 10.4. The second-order valence-corrected chi connectivity index (χ2v) is 7.53. The van der Waals surface area contributed by atoms with Crippen LogP contribution in [0, 0.1) is 5.92 Å². The fraction of sp³-hybridized carbons (Fsp3) is 0.923. The molecule has 2 rings (SSSR count). The first-order valence-corrected chi connectivity index (χ1v) is 8.82. The molecule has 0 amide bonds. The zero-order valence-corrected chi connectivity index (χ0v) is 13.8. The zero-order valence-electron chi connectivity index (χ0n) is 13.0. The Bertz CT molecular complexity index is 489. The smallest absolute Gasteiger partial charge is 0.308 e. The van der Waals surface area contributed by atoms with E-state index < -0.39 is 28.1 Å². The Labute approximate surface area is 131 Å². The summed E-state index contributed by atoms with van der Waals surface area (Å²) < 4.78 is 38.5. The number of hydrogen-bond donors (Lipinski definition) is 1. The molecule has 2 aliphatic rings. The lowest BCUT2D eigenvalue weighted by molar-refractivity contribution is -0.142. The fourth-order valence-corrected chi connectivity index (χ4v) is 5.47. The van der Waals surface area contributed by atoms with E-state index in [0.717, 1.165) is 6.42 Å². The normalized spacial score (nSPS) is 28.6. The van der Waals surface area contributed by atoms with Crippen LogP contribution in [0.5, 0.6) is 0 Å². The Morgan fingerprint density at radius 1 is 1.23 bits per heavy atom. The second kappa shape index (κ2) is 7.22. The lowest BCUT2D eigenvalue weighted by Gasteiger charge is -2.30. The Morgan fingerprint density at radius 2 is 1.82 bits per heavy atom. The number of aliphatic carboxylic acids is 1. The third kappa shape index (κ3) is 3.28. The van der Waals surface area contributed by atoms with Gasteiger partial charge in [-0.3, -0.25) is 4.79 Å². The maximum atomic E-state index is 12.9. The van der Waals surface area contributed by atoms with Crippen LogP contribution in [0.15, 0.2) is 0 Å². The van der Waals surface area contributed by atoms with E-state index in [-0.39, 0.29) is 32.3 Å². The van der Waals surface area contributed by atoms with E-state index in [4.69, 9.17) is 9.47 Å². The SMILES string of the molecule is COCCN(CCOC)S(=O)(=O)N1C2CCC1C(C(=O)O)C2. The summed E-state index contributed by atoms with van der Waals surface area (Å²) in [5.41, 5.74) is 0. The molecule has 9 heteroatoms. The zero-order chi connectivity index (χ0) is 16.3. The standard InChI is InChI=1S/C13H24N2O6S/c1-20-7-5-14(6-8-21-2)22(18,19)15-10-3-4-12(15)11(9-10)13(16)17/h10-12H,3-9H2,1-2H3,(H,16,17). The van der Waals surface area contributed by atoms with Gasteiger partial charge in [0.25, 0.3) is 10.2 Å². The van der Waals surface area contributed by atoms with Crippen LogP contribution < -0.4 is 0 Å². The third-order valence-corrected chi connectivity index (χ3v) is 6.59. The monoisotopic (exact) mass is 336 g/mol. The molecule has 22 heavy (non-hydrogen) atoms. The van der Waals surface area contributed by atoms with Crippen molar-refractivity contribution in [1.82, 2.24) is 8.61 Å². The lowest BCUT2D eigenvalue weighted by Crippen LogP contribution is -2.49. The summed E-state index contributed by atoms with van der Waals surface area (Å²) in [5.74, 6) is -1.51. The molecule has 0 spiro atoms. The number of carboxylic acids is 1. The summed E-state index contributed by atoms with van der Waals surface area (Å²) in [6.45, 7) is 1.04. The first-order valence-electron chi connectivity index (χ1n) is 7.42. The van der Waals surface area contributed by atoms with Crippen LogP contribution in [0.4, 0.5) is 0 Å². The van der Waals surface area contributed by atoms with Crippen LogP contribution in [0.25, 0.3) is 0 Å². The molecule has 0 aliphatic carbocycles. The van der Waals surface area contributed by atoms with Crippen molar-refractivity contribution in [1.29, 1.82) is 0 Å². The maximum absolute atomic E-state index is 12.9. The molecule has 1 N–H and O–H groups in total. The molecule has 2 bridgehead atoms. The number of methoxy groups -OCH3 is 2. The molecular weight excluding hydrogens is 312 g/mol. The Balaban J connectivity index is 2.18. The van der Waals surface area contributed by atoms with Crippen molar-refractivity contribution >= 4 is 16.2 Å². The van der Waals surface area contributed by atoms with Gasteiger partial charge in [-0.25, -0.2) is 0 Å². The predicted octanol–water partition coefficient (Wildman–Crippen LogP) is -0.236. The number of hydrogen-bond acceptors (Lipinski definition) is 5. The third-order valence-electron chi connectivity index (χ3n) is 4.47. The number of ether oxygens (including phenoxy) is 2. The Hall–Kier alpha value is -0.740. The second-order valence-electron chi connectivity index (χ2n) is 5.70. The molecule has 8 nitrogen and oxygen atoms in total. The molecule has 3 atom stereocenters. The summed E-state index contributed by atoms with van der Waals surface area (Å²) in [4.78, 5) is 11.3. The molecular formula is C13H24N2O6S. The highest BCUT2D eigenvalue weighted by molar-refractivity contribution is 7.86. The van der Waals surface area contributed by atoms with Gasteiger partial charge < -0.3 is 14.6 Å². The molecule has 2 saturated heterocycles. The van der Waals surface area contributed by atoms with E-state index in [0.29, 0.717) is 12.8 Å². The van der Waals surface area contributed by atoms with Gasteiger partial charge in [-0.1, -0.05) is 0 Å². The molecule has 0 radical (unpaired) electrons. The van der Waals surface area contributed by atoms with Gasteiger partial charge in [0.1, 0.15) is 0 Å². The van der Waals surface area contributed by atoms with Crippen molar-refractivity contribution in [3.05, 3.63) is 0 Å². The predicted molar refractivity (Wildman–Crippen MR) is 78.6 cm³/mol. The molecule has 2 aliphatic heterocycles. The van der Waals surface area contributed by atoms with Crippen molar-refractivity contribution in [2.45, 2.75) is 31.3 Å². The maximum Gasteiger partial charge on any atom is 0.308 e. The van der Waals surface area contributed by atoms with Crippen LogP contribution >= 0.6 is 0 Å². The topological polar surface area (TPSA) is 96.4 Å². The Kier molecular flexibility index (Phi) is 5.78. The van der Waals surface area contributed by atoms with E-state index in [1.807, 2.05) is 0 Å². The van der Waals surface area contributed by atoms with E-state index in [9.17, 15) is 18.3 Å². The van der Waals surface area contributed by atoms with Gasteiger partial charge in [0.15, 0.2) is 0 Å². The average molecular weight is 336 g/mol. The molecule has 0 aromatic carbocycles. The van der Waals surface area contributed by atoms with Crippen LogP contribution in [-0.2, 0) is 24.5 Å². The van der Waals surface area contributed by atoms with Crippen molar-refractivity contribution in [3.63, 3.8) is 0 Å². The van der Waals surface area contributed by atoms with E-state index >= 15 is 0 Å². The highest BCUT2D eigenvalue weighted by Crippen LogP contribution is 2.44. The molecule has 2 heterocycles.